The predicted molar refractivity (Wildman–Crippen MR) is 76.8 cm³/mol. The molecule has 0 radical (unpaired) electrons. The fraction of sp³-hybridized carbons (Fsp3) is 0.533. The Hall–Kier alpha value is -1.51. The molecule has 18 heavy (non-hydrogen) atoms. The van der Waals surface area contributed by atoms with Gasteiger partial charge in [0.05, 0.1) is 0 Å². The van der Waals surface area contributed by atoms with E-state index in [1.165, 1.54) is 5.56 Å². The number of aryl methyl sites for hydroxylation is 1. The molecule has 0 unspecified atom stereocenters. The highest BCUT2D eigenvalue weighted by Gasteiger charge is 2.18. The van der Waals surface area contributed by atoms with Gasteiger partial charge < -0.3 is 10.6 Å². The van der Waals surface area contributed by atoms with Crippen LogP contribution in [0, 0.1) is 0 Å². The maximum absolute atomic E-state index is 11.9. The molecule has 1 aromatic rings. The molecule has 0 aliphatic heterocycles. The molecule has 0 saturated heterocycles. The number of carbonyl (C=O) groups excluding carboxylic acids is 1. The summed E-state index contributed by atoms with van der Waals surface area (Å²) in [6.07, 6.45) is 0.998. The lowest BCUT2D eigenvalue weighted by molar-refractivity contribution is -0.122. The van der Waals surface area contributed by atoms with Gasteiger partial charge in [-0.2, -0.15) is 0 Å². The quantitative estimate of drug-likeness (QED) is 0.860. The molecule has 1 atom stereocenters. The molecule has 1 aromatic carbocycles. The Morgan fingerprint density at radius 1 is 1.33 bits per heavy atom. The Balaban J connectivity index is 2.63. The molecule has 0 heterocycles. The molecule has 1 amide bonds. The zero-order chi connectivity index (χ0) is 13.8. The number of nitrogens with one attached hydrogen (secondary N) is 2. The SMILES string of the molecule is CCc1cccc(N[C@@H](C)C(=O)NC(C)(C)C)c1. The average Bonchev–Trinajstić information content (AvgIpc) is 2.27. The third-order valence-corrected chi connectivity index (χ3v) is 2.61. The number of anilines is 1. The number of hydrogen-bond donors (Lipinski definition) is 2. The minimum Gasteiger partial charge on any atom is -0.374 e. The monoisotopic (exact) mass is 248 g/mol. The molecule has 2 N–H and O–H groups in total. The van der Waals surface area contributed by atoms with E-state index in [0.717, 1.165) is 12.1 Å². The lowest BCUT2D eigenvalue weighted by atomic mass is 10.1. The summed E-state index contributed by atoms with van der Waals surface area (Å²) in [5.41, 5.74) is 2.06. The lowest BCUT2D eigenvalue weighted by Crippen LogP contribution is -2.47. The van der Waals surface area contributed by atoms with E-state index in [-0.39, 0.29) is 17.5 Å². The Morgan fingerprint density at radius 2 is 2.00 bits per heavy atom. The fourth-order valence-corrected chi connectivity index (χ4v) is 1.67. The molecule has 0 aromatic heterocycles. The van der Waals surface area contributed by atoms with Crippen LogP contribution in [0.2, 0.25) is 0 Å². The van der Waals surface area contributed by atoms with E-state index >= 15 is 0 Å². The minimum atomic E-state index is -0.240. The van der Waals surface area contributed by atoms with Crippen molar-refractivity contribution in [2.45, 2.75) is 52.6 Å². The van der Waals surface area contributed by atoms with Crippen LogP contribution >= 0.6 is 0 Å². The molecule has 0 bridgehead atoms. The van der Waals surface area contributed by atoms with E-state index < -0.39 is 0 Å². The number of benzene rings is 1. The first-order valence-electron chi connectivity index (χ1n) is 6.49. The summed E-state index contributed by atoms with van der Waals surface area (Å²) in [6.45, 7) is 9.94. The lowest BCUT2D eigenvalue weighted by Gasteiger charge is -2.24. The summed E-state index contributed by atoms with van der Waals surface area (Å²) >= 11 is 0. The standard InChI is InChI=1S/C15H24N2O/c1-6-12-8-7-9-13(10-12)16-11(2)14(18)17-15(3,4)5/h7-11,16H,6H2,1-5H3,(H,17,18)/t11-/m0/s1. The third-order valence-electron chi connectivity index (χ3n) is 2.61. The van der Waals surface area contributed by atoms with Gasteiger partial charge in [-0.05, 0) is 51.8 Å². The van der Waals surface area contributed by atoms with Crippen molar-refractivity contribution in [3.05, 3.63) is 29.8 Å². The summed E-state index contributed by atoms with van der Waals surface area (Å²) in [6, 6.07) is 7.93. The molecule has 3 heteroatoms. The maximum Gasteiger partial charge on any atom is 0.242 e. The Bertz CT molecular complexity index is 407. The van der Waals surface area contributed by atoms with Gasteiger partial charge in [0.25, 0.3) is 0 Å². The van der Waals surface area contributed by atoms with E-state index in [4.69, 9.17) is 0 Å². The fourth-order valence-electron chi connectivity index (χ4n) is 1.67. The normalized spacial score (nSPS) is 12.9. The molecule has 0 fully saturated rings. The van der Waals surface area contributed by atoms with Crippen LogP contribution in [-0.2, 0) is 11.2 Å². The average molecular weight is 248 g/mol. The highest BCUT2D eigenvalue weighted by atomic mass is 16.2. The molecule has 100 valence electrons. The van der Waals surface area contributed by atoms with Crippen molar-refractivity contribution >= 4 is 11.6 Å². The van der Waals surface area contributed by atoms with Crippen LogP contribution in [0.4, 0.5) is 5.69 Å². The molecule has 0 aliphatic carbocycles. The van der Waals surface area contributed by atoms with Crippen molar-refractivity contribution in [3.8, 4) is 0 Å². The van der Waals surface area contributed by atoms with E-state index in [1.807, 2.05) is 39.8 Å². The van der Waals surface area contributed by atoms with Crippen molar-refractivity contribution in [2.75, 3.05) is 5.32 Å². The molecular formula is C15H24N2O. The number of amides is 1. The highest BCUT2D eigenvalue weighted by Crippen LogP contribution is 2.12. The van der Waals surface area contributed by atoms with Crippen LogP contribution in [0.1, 0.15) is 40.2 Å². The van der Waals surface area contributed by atoms with Crippen molar-refractivity contribution in [3.63, 3.8) is 0 Å². The minimum absolute atomic E-state index is 0.0180. The smallest absolute Gasteiger partial charge is 0.242 e. The Kier molecular flexibility index (Phi) is 4.76. The Morgan fingerprint density at radius 3 is 2.56 bits per heavy atom. The van der Waals surface area contributed by atoms with Crippen molar-refractivity contribution in [1.29, 1.82) is 0 Å². The van der Waals surface area contributed by atoms with E-state index in [9.17, 15) is 4.79 Å². The van der Waals surface area contributed by atoms with Crippen molar-refractivity contribution in [1.82, 2.24) is 5.32 Å². The molecule has 1 rings (SSSR count). The highest BCUT2D eigenvalue weighted by molar-refractivity contribution is 5.84. The van der Waals surface area contributed by atoms with E-state index in [0.29, 0.717) is 0 Å². The van der Waals surface area contributed by atoms with Crippen LogP contribution < -0.4 is 10.6 Å². The molecule has 0 saturated carbocycles. The first-order chi connectivity index (χ1) is 8.31. The summed E-state index contributed by atoms with van der Waals surface area (Å²) < 4.78 is 0. The van der Waals surface area contributed by atoms with Gasteiger partial charge in [-0.3, -0.25) is 4.79 Å². The first-order valence-corrected chi connectivity index (χ1v) is 6.49. The zero-order valence-corrected chi connectivity index (χ0v) is 12.0. The van der Waals surface area contributed by atoms with Gasteiger partial charge in [0.2, 0.25) is 5.91 Å². The van der Waals surface area contributed by atoms with Gasteiger partial charge in [0, 0.05) is 11.2 Å². The van der Waals surface area contributed by atoms with Gasteiger partial charge in [0.1, 0.15) is 6.04 Å². The number of carbonyl (C=O) groups is 1. The summed E-state index contributed by atoms with van der Waals surface area (Å²) in [4.78, 5) is 11.9. The van der Waals surface area contributed by atoms with Gasteiger partial charge in [0.15, 0.2) is 0 Å². The van der Waals surface area contributed by atoms with Crippen LogP contribution in [0.25, 0.3) is 0 Å². The van der Waals surface area contributed by atoms with Crippen LogP contribution in [-0.4, -0.2) is 17.5 Å². The van der Waals surface area contributed by atoms with Gasteiger partial charge >= 0.3 is 0 Å². The Labute approximate surface area is 110 Å². The zero-order valence-electron chi connectivity index (χ0n) is 12.0. The van der Waals surface area contributed by atoms with E-state index in [1.54, 1.807) is 0 Å². The largest absolute Gasteiger partial charge is 0.374 e. The second kappa shape index (κ2) is 5.89. The van der Waals surface area contributed by atoms with E-state index in [2.05, 4.69) is 29.7 Å². The third kappa shape index (κ3) is 4.78. The van der Waals surface area contributed by atoms with Crippen molar-refractivity contribution in [2.24, 2.45) is 0 Å². The van der Waals surface area contributed by atoms with Crippen LogP contribution in [0.15, 0.2) is 24.3 Å². The summed E-state index contributed by atoms with van der Waals surface area (Å²) in [5, 5.41) is 6.19. The second-order valence-electron chi connectivity index (χ2n) is 5.66. The second-order valence-corrected chi connectivity index (χ2v) is 5.66. The summed E-state index contributed by atoms with van der Waals surface area (Å²) in [7, 11) is 0. The topological polar surface area (TPSA) is 41.1 Å². The predicted octanol–water partition coefficient (Wildman–Crippen LogP) is 2.96. The van der Waals surface area contributed by atoms with Gasteiger partial charge in [-0.15, -0.1) is 0 Å². The van der Waals surface area contributed by atoms with Gasteiger partial charge in [-0.25, -0.2) is 0 Å². The molecule has 0 aliphatic rings. The van der Waals surface area contributed by atoms with Crippen LogP contribution in [0.3, 0.4) is 0 Å². The van der Waals surface area contributed by atoms with Gasteiger partial charge in [-0.1, -0.05) is 19.1 Å². The molecular weight excluding hydrogens is 224 g/mol. The first kappa shape index (κ1) is 14.6. The number of rotatable bonds is 4. The summed E-state index contributed by atoms with van der Waals surface area (Å²) in [5.74, 6) is 0.0180. The maximum atomic E-state index is 11.9. The number of hydrogen-bond acceptors (Lipinski definition) is 2. The van der Waals surface area contributed by atoms with Crippen molar-refractivity contribution < 1.29 is 4.79 Å². The van der Waals surface area contributed by atoms with Crippen LogP contribution in [0.5, 0.6) is 0 Å². The molecule has 0 spiro atoms. The molecule has 3 nitrogen and oxygen atoms in total.